The SMILES string of the molecule is C=CCONC(=O)C(C)C. The predicted octanol–water partition coefficient (Wildman–Crippen LogP) is 0.876. The summed E-state index contributed by atoms with van der Waals surface area (Å²) < 4.78 is 0. The van der Waals surface area contributed by atoms with Gasteiger partial charge in [0.25, 0.3) is 0 Å². The first kappa shape index (κ1) is 9.17. The van der Waals surface area contributed by atoms with E-state index in [1.165, 1.54) is 0 Å². The van der Waals surface area contributed by atoms with Crippen molar-refractivity contribution in [2.75, 3.05) is 6.61 Å². The molecule has 0 saturated heterocycles. The van der Waals surface area contributed by atoms with Crippen LogP contribution in [0.25, 0.3) is 0 Å². The van der Waals surface area contributed by atoms with Crippen molar-refractivity contribution in [3.05, 3.63) is 12.7 Å². The van der Waals surface area contributed by atoms with Crippen molar-refractivity contribution in [1.82, 2.24) is 5.48 Å². The molecule has 0 fully saturated rings. The topological polar surface area (TPSA) is 38.3 Å². The van der Waals surface area contributed by atoms with E-state index in [-0.39, 0.29) is 11.8 Å². The van der Waals surface area contributed by atoms with Crippen LogP contribution in [0.4, 0.5) is 0 Å². The first-order valence-corrected chi connectivity index (χ1v) is 3.21. The zero-order valence-electron chi connectivity index (χ0n) is 6.39. The van der Waals surface area contributed by atoms with Crippen LogP contribution in [0.5, 0.6) is 0 Å². The Kier molecular flexibility index (Phi) is 4.58. The van der Waals surface area contributed by atoms with E-state index >= 15 is 0 Å². The Morgan fingerprint density at radius 2 is 2.40 bits per heavy atom. The second-order valence-electron chi connectivity index (χ2n) is 2.22. The third-order valence-electron chi connectivity index (χ3n) is 0.898. The maximum Gasteiger partial charge on any atom is 0.246 e. The second kappa shape index (κ2) is 4.99. The molecule has 0 rings (SSSR count). The van der Waals surface area contributed by atoms with Crippen molar-refractivity contribution in [2.24, 2.45) is 5.92 Å². The summed E-state index contributed by atoms with van der Waals surface area (Å²) in [5.41, 5.74) is 2.27. The molecule has 0 aliphatic carbocycles. The lowest BCUT2D eigenvalue weighted by Gasteiger charge is -2.04. The fourth-order valence-electron chi connectivity index (χ4n) is 0.290. The number of amides is 1. The molecule has 0 heterocycles. The highest BCUT2D eigenvalue weighted by atomic mass is 16.6. The van der Waals surface area contributed by atoms with Crippen LogP contribution in [0.15, 0.2) is 12.7 Å². The van der Waals surface area contributed by atoms with Gasteiger partial charge in [-0.15, -0.1) is 6.58 Å². The van der Waals surface area contributed by atoms with Crippen LogP contribution >= 0.6 is 0 Å². The lowest BCUT2D eigenvalue weighted by Crippen LogP contribution is -2.27. The third kappa shape index (κ3) is 4.09. The average Bonchev–Trinajstić information content (AvgIpc) is 1.88. The minimum absolute atomic E-state index is 0.0372. The Hall–Kier alpha value is -0.830. The molecule has 0 spiro atoms. The molecule has 1 N–H and O–H groups in total. The van der Waals surface area contributed by atoms with Gasteiger partial charge in [0.05, 0.1) is 6.61 Å². The van der Waals surface area contributed by atoms with Crippen LogP contribution in [0.1, 0.15) is 13.8 Å². The average molecular weight is 143 g/mol. The highest BCUT2D eigenvalue weighted by Gasteiger charge is 2.04. The fraction of sp³-hybridized carbons (Fsp3) is 0.571. The molecule has 0 aliphatic heterocycles. The van der Waals surface area contributed by atoms with E-state index in [1.54, 1.807) is 19.9 Å². The van der Waals surface area contributed by atoms with Gasteiger partial charge in [-0.25, -0.2) is 5.48 Å². The summed E-state index contributed by atoms with van der Waals surface area (Å²) in [5.74, 6) is -0.147. The number of hydrogen-bond acceptors (Lipinski definition) is 2. The van der Waals surface area contributed by atoms with Gasteiger partial charge < -0.3 is 0 Å². The van der Waals surface area contributed by atoms with Gasteiger partial charge in [0, 0.05) is 5.92 Å². The predicted molar refractivity (Wildman–Crippen MR) is 39.1 cm³/mol. The van der Waals surface area contributed by atoms with Crippen LogP contribution < -0.4 is 5.48 Å². The molecule has 3 heteroatoms. The van der Waals surface area contributed by atoms with Crippen molar-refractivity contribution >= 4 is 5.91 Å². The van der Waals surface area contributed by atoms with Crippen molar-refractivity contribution in [3.8, 4) is 0 Å². The first-order valence-electron chi connectivity index (χ1n) is 3.21. The van der Waals surface area contributed by atoms with E-state index in [0.29, 0.717) is 6.61 Å². The summed E-state index contributed by atoms with van der Waals surface area (Å²) in [4.78, 5) is 15.4. The molecule has 0 aromatic heterocycles. The molecule has 0 saturated carbocycles. The van der Waals surface area contributed by atoms with E-state index in [2.05, 4.69) is 16.9 Å². The van der Waals surface area contributed by atoms with Crippen LogP contribution in [0, 0.1) is 5.92 Å². The molecule has 0 aromatic carbocycles. The van der Waals surface area contributed by atoms with Gasteiger partial charge in [-0.2, -0.15) is 0 Å². The van der Waals surface area contributed by atoms with E-state index < -0.39 is 0 Å². The first-order chi connectivity index (χ1) is 4.68. The van der Waals surface area contributed by atoms with Crippen molar-refractivity contribution in [1.29, 1.82) is 0 Å². The molecule has 58 valence electrons. The monoisotopic (exact) mass is 143 g/mol. The highest BCUT2D eigenvalue weighted by molar-refractivity contribution is 5.76. The zero-order valence-corrected chi connectivity index (χ0v) is 6.39. The van der Waals surface area contributed by atoms with Crippen molar-refractivity contribution in [2.45, 2.75) is 13.8 Å². The minimum atomic E-state index is -0.109. The second-order valence-corrected chi connectivity index (χ2v) is 2.22. The summed E-state index contributed by atoms with van der Waals surface area (Å²) in [6, 6.07) is 0. The largest absolute Gasteiger partial charge is 0.273 e. The molecular weight excluding hydrogens is 130 g/mol. The summed E-state index contributed by atoms with van der Waals surface area (Å²) in [6.45, 7) is 7.37. The molecule has 0 unspecified atom stereocenters. The molecule has 0 aliphatic rings. The quantitative estimate of drug-likeness (QED) is 0.360. The van der Waals surface area contributed by atoms with Crippen molar-refractivity contribution < 1.29 is 9.63 Å². The van der Waals surface area contributed by atoms with Crippen LogP contribution in [-0.2, 0) is 9.63 Å². The van der Waals surface area contributed by atoms with Crippen molar-refractivity contribution in [3.63, 3.8) is 0 Å². The number of hydrogen-bond donors (Lipinski definition) is 1. The Bertz CT molecular complexity index is 121. The highest BCUT2D eigenvalue weighted by Crippen LogP contribution is 1.89. The number of hydroxylamine groups is 1. The molecular formula is C7H13NO2. The van der Waals surface area contributed by atoms with Gasteiger partial charge in [-0.3, -0.25) is 9.63 Å². The minimum Gasteiger partial charge on any atom is -0.273 e. The summed E-state index contributed by atoms with van der Waals surface area (Å²) in [7, 11) is 0. The molecule has 0 bridgehead atoms. The maximum atomic E-state index is 10.7. The van der Waals surface area contributed by atoms with Gasteiger partial charge in [-0.05, 0) is 0 Å². The van der Waals surface area contributed by atoms with Crippen LogP contribution in [-0.4, -0.2) is 12.5 Å². The number of nitrogens with one attached hydrogen (secondary N) is 1. The fourth-order valence-corrected chi connectivity index (χ4v) is 0.290. The summed E-state index contributed by atoms with van der Waals surface area (Å²) in [5, 5.41) is 0. The lowest BCUT2D eigenvalue weighted by atomic mass is 10.2. The molecule has 1 amide bonds. The van der Waals surface area contributed by atoms with Crippen LogP contribution in [0.2, 0.25) is 0 Å². The normalized spacial score (nSPS) is 9.50. The third-order valence-corrected chi connectivity index (χ3v) is 0.898. The van der Waals surface area contributed by atoms with Gasteiger partial charge in [0.2, 0.25) is 5.91 Å². The van der Waals surface area contributed by atoms with E-state index in [9.17, 15) is 4.79 Å². The van der Waals surface area contributed by atoms with E-state index in [0.717, 1.165) is 0 Å². The molecule has 0 radical (unpaired) electrons. The summed E-state index contributed by atoms with van der Waals surface area (Å²) >= 11 is 0. The Morgan fingerprint density at radius 1 is 1.80 bits per heavy atom. The van der Waals surface area contributed by atoms with Gasteiger partial charge in [-0.1, -0.05) is 19.9 Å². The van der Waals surface area contributed by atoms with E-state index in [1.807, 2.05) is 0 Å². The zero-order chi connectivity index (χ0) is 7.98. The molecule has 10 heavy (non-hydrogen) atoms. The molecule has 0 atom stereocenters. The van der Waals surface area contributed by atoms with Gasteiger partial charge in [0.15, 0.2) is 0 Å². The summed E-state index contributed by atoms with van der Waals surface area (Å²) in [6.07, 6.45) is 1.57. The molecule has 3 nitrogen and oxygen atoms in total. The Labute approximate surface area is 61.0 Å². The standard InChI is InChI=1S/C7H13NO2/c1-4-5-10-8-7(9)6(2)3/h4,6H,1,5H2,2-3H3,(H,8,9). The Morgan fingerprint density at radius 3 is 2.80 bits per heavy atom. The molecule has 0 aromatic rings. The van der Waals surface area contributed by atoms with E-state index in [4.69, 9.17) is 0 Å². The number of rotatable bonds is 4. The number of carbonyl (C=O) groups excluding carboxylic acids is 1. The van der Waals surface area contributed by atoms with Gasteiger partial charge in [0.1, 0.15) is 0 Å². The maximum absolute atomic E-state index is 10.7. The Balaban J connectivity index is 3.30. The van der Waals surface area contributed by atoms with Crippen LogP contribution in [0.3, 0.4) is 0 Å². The smallest absolute Gasteiger partial charge is 0.246 e. The lowest BCUT2D eigenvalue weighted by molar-refractivity contribution is -0.135. The number of carbonyl (C=O) groups is 1. The van der Waals surface area contributed by atoms with Gasteiger partial charge >= 0.3 is 0 Å².